The minimum absolute atomic E-state index is 0.564. The summed E-state index contributed by atoms with van der Waals surface area (Å²) in [6.45, 7) is 2.80. The first-order chi connectivity index (χ1) is 7.36. The molecule has 0 amide bonds. The summed E-state index contributed by atoms with van der Waals surface area (Å²) in [7, 11) is 0. The van der Waals surface area contributed by atoms with E-state index in [4.69, 9.17) is 5.73 Å². The van der Waals surface area contributed by atoms with Gasteiger partial charge in [0, 0.05) is 6.54 Å². The smallest absolute Gasteiger partial charge is 0.00999 e. The third-order valence-electron chi connectivity index (χ3n) is 2.73. The zero-order chi connectivity index (χ0) is 10.9. The zero-order valence-electron chi connectivity index (χ0n) is 9.76. The Bertz CT molecular complexity index is 251. The second-order valence-electron chi connectivity index (χ2n) is 4.13. The van der Waals surface area contributed by atoms with Gasteiger partial charge < -0.3 is 0 Å². The lowest BCUT2D eigenvalue weighted by Gasteiger charge is -2.03. The van der Waals surface area contributed by atoms with Crippen molar-refractivity contribution in [3.63, 3.8) is 0 Å². The molecule has 83 valence electrons. The number of nitrogens with one attached hydrogen (secondary N) is 1. The highest BCUT2D eigenvalue weighted by molar-refractivity contribution is 5.22. The average Bonchev–Trinajstić information content (AvgIpc) is 2.28. The monoisotopic (exact) mass is 204 g/mol. The van der Waals surface area contributed by atoms with Crippen LogP contribution in [-0.4, -0.2) is 6.54 Å². The fraction of sp³-hybridized carbons (Fsp3) is 0.571. The van der Waals surface area contributed by atoms with E-state index in [1.54, 1.807) is 0 Å². The van der Waals surface area contributed by atoms with Crippen LogP contribution >= 0.6 is 0 Å². The minimum atomic E-state index is 0.564. The largest absolute Gasteiger partial charge is 0.258 e. The van der Waals surface area contributed by atoms with Crippen LogP contribution in [0.5, 0.6) is 0 Å². The molecule has 0 aliphatic heterocycles. The maximum Gasteiger partial charge on any atom is 0.00999 e. The molecule has 1 nitrogen and oxygen atoms in total. The summed E-state index contributed by atoms with van der Waals surface area (Å²) in [6.07, 6.45) is 7.08. The second kappa shape index (κ2) is 7.47. The Morgan fingerprint density at radius 3 is 1.87 bits per heavy atom. The van der Waals surface area contributed by atoms with E-state index in [0.29, 0.717) is 6.54 Å². The SMILES string of the molecule is CCCCc1ccc(CCCC[NH])cc1. The predicted octanol–water partition coefficient (Wildman–Crippen LogP) is 3.63. The molecule has 0 heterocycles. The average molecular weight is 204 g/mol. The van der Waals surface area contributed by atoms with Crippen LogP contribution < -0.4 is 5.73 Å². The van der Waals surface area contributed by atoms with Crippen molar-refractivity contribution in [1.29, 1.82) is 0 Å². The lowest BCUT2D eigenvalue weighted by atomic mass is 10.0. The molecule has 0 fully saturated rings. The third-order valence-corrected chi connectivity index (χ3v) is 2.73. The van der Waals surface area contributed by atoms with E-state index in [-0.39, 0.29) is 0 Å². The van der Waals surface area contributed by atoms with E-state index in [9.17, 15) is 0 Å². The van der Waals surface area contributed by atoms with Crippen LogP contribution in [0.1, 0.15) is 43.7 Å². The molecule has 0 atom stereocenters. The van der Waals surface area contributed by atoms with Crippen molar-refractivity contribution in [2.75, 3.05) is 6.54 Å². The summed E-state index contributed by atoms with van der Waals surface area (Å²) in [5, 5.41) is 0. The molecule has 0 spiro atoms. The summed E-state index contributed by atoms with van der Waals surface area (Å²) in [5.41, 5.74) is 9.96. The number of aryl methyl sites for hydroxylation is 2. The van der Waals surface area contributed by atoms with Crippen LogP contribution in [0, 0.1) is 0 Å². The Kier molecular flexibility index (Phi) is 6.10. The first-order valence-corrected chi connectivity index (χ1v) is 6.09. The van der Waals surface area contributed by atoms with Gasteiger partial charge in [-0.15, -0.1) is 0 Å². The number of hydrogen-bond acceptors (Lipinski definition) is 0. The normalized spacial score (nSPS) is 10.5. The van der Waals surface area contributed by atoms with Crippen molar-refractivity contribution < 1.29 is 0 Å². The number of benzene rings is 1. The Labute approximate surface area is 93.7 Å². The van der Waals surface area contributed by atoms with E-state index in [1.807, 2.05) is 0 Å². The van der Waals surface area contributed by atoms with Crippen LogP contribution in [0.3, 0.4) is 0 Å². The summed E-state index contributed by atoms with van der Waals surface area (Å²) >= 11 is 0. The molecule has 0 aliphatic carbocycles. The number of rotatable bonds is 7. The minimum Gasteiger partial charge on any atom is -0.258 e. The lowest BCUT2D eigenvalue weighted by Crippen LogP contribution is -1.91. The van der Waals surface area contributed by atoms with Gasteiger partial charge in [-0.25, -0.2) is 0 Å². The number of unbranched alkanes of at least 4 members (excludes halogenated alkanes) is 2. The first-order valence-electron chi connectivity index (χ1n) is 6.09. The van der Waals surface area contributed by atoms with Crippen molar-refractivity contribution in [1.82, 2.24) is 5.73 Å². The zero-order valence-corrected chi connectivity index (χ0v) is 9.76. The molecule has 0 saturated heterocycles. The fourth-order valence-electron chi connectivity index (χ4n) is 1.71. The van der Waals surface area contributed by atoms with Gasteiger partial charge >= 0.3 is 0 Å². The Balaban J connectivity index is 2.35. The Morgan fingerprint density at radius 2 is 1.40 bits per heavy atom. The van der Waals surface area contributed by atoms with Gasteiger partial charge in [0.1, 0.15) is 0 Å². The molecular weight excluding hydrogens is 182 g/mol. The van der Waals surface area contributed by atoms with Gasteiger partial charge in [0.15, 0.2) is 0 Å². The molecule has 15 heavy (non-hydrogen) atoms. The van der Waals surface area contributed by atoms with E-state index < -0.39 is 0 Å². The highest BCUT2D eigenvalue weighted by Crippen LogP contribution is 2.10. The first kappa shape index (κ1) is 12.3. The van der Waals surface area contributed by atoms with E-state index in [0.717, 1.165) is 19.3 Å². The molecule has 1 rings (SSSR count). The van der Waals surface area contributed by atoms with Gasteiger partial charge in [-0.05, 0) is 43.2 Å². The highest BCUT2D eigenvalue weighted by Gasteiger charge is 1.95. The summed E-state index contributed by atoms with van der Waals surface area (Å²) in [4.78, 5) is 0. The molecule has 1 radical (unpaired) electrons. The van der Waals surface area contributed by atoms with Crippen LogP contribution in [0.2, 0.25) is 0 Å². The van der Waals surface area contributed by atoms with Crippen LogP contribution in [0.15, 0.2) is 24.3 Å². The quantitative estimate of drug-likeness (QED) is 0.606. The van der Waals surface area contributed by atoms with Crippen LogP contribution in [0.25, 0.3) is 0 Å². The molecule has 1 N–H and O–H groups in total. The van der Waals surface area contributed by atoms with Crippen LogP contribution in [0.4, 0.5) is 0 Å². The molecule has 1 heteroatoms. The molecule has 0 bridgehead atoms. The maximum atomic E-state index is 7.08. The maximum absolute atomic E-state index is 7.08. The van der Waals surface area contributed by atoms with Gasteiger partial charge in [0.25, 0.3) is 0 Å². The highest BCUT2D eigenvalue weighted by atomic mass is 14.5. The van der Waals surface area contributed by atoms with Crippen LogP contribution in [-0.2, 0) is 12.8 Å². The number of hydrogen-bond donors (Lipinski definition) is 0. The van der Waals surface area contributed by atoms with E-state index >= 15 is 0 Å². The van der Waals surface area contributed by atoms with Crippen molar-refractivity contribution in [3.8, 4) is 0 Å². The lowest BCUT2D eigenvalue weighted by molar-refractivity contribution is 0.734. The van der Waals surface area contributed by atoms with Gasteiger partial charge in [-0.1, -0.05) is 37.6 Å². The fourth-order valence-corrected chi connectivity index (χ4v) is 1.71. The van der Waals surface area contributed by atoms with Crippen molar-refractivity contribution in [2.24, 2.45) is 0 Å². The summed E-state index contributed by atoms with van der Waals surface area (Å²) in [5.74, 6) is 0. The van der Waals surface area contributed by atoms with Crippen molar-refractivity contribution >= 4 is 0 Å². The van der Waals surface area contributed by atoms with Crippen molar-refractivity contribution in [3.05, 3.63) is 35.4 Å². The van der Waals surface area contributed by atoms with E-state index in [2.05, 4.69) is 31.2 Å². The molecule has 0 unspecified atom stereocenters. The predicted molar refractivity (Wildman–Crippen MR) is 66.0 cm³/mol. The third kappa shape index (κ3) is 4.98. The molecular formula is C14H22N. The van der Waals surface area contributed by atoms with Crippen molar-refractivity contribution in [2.45, 2.75) is 45.4 Å². The molecule has 1 aromatic rings. The summed E-state index contributed by atoms with van der Waals surface area (Å²) < 4.78 is 0. The molecule has 1 aromatic carbocycles. The molecule has 0 saturated carbocycles. The molecule has 0 aromatic heterocycles. The van der Waals surface area contributed by atoms with E-state index in [1.165, 1.54) is 30.4 Å². The Hall–Kier alpha value is -0.820. The molecule has 0 aliphatic rings. The van der Waals surface area contributed by atoms with Gasteiger partial charge in [-0.3, -0.25) is 5.73 Å². The van der Waals surface area contributed by atoms with Gasteiger partial charge in [0.2, 0.25) is 0 Å². The standard InChI is InChI=1S/C14H22N/c1-2-3-6-13-8-10-14(11-9-13)7-4-5-12-15/h8-11,15H,2-7,12H2,1H3. The Morgan fingerprint density at radius 1 is 0.867 bits per heavy atom. The van der Waals surface area contributed by atoms with Gasteiger partial charge in [-0.2, -0.15) is 0 Å². The van der Waals surface area contributed by atoms with Gasteiger partial charge in [0.05, 0.1) is 0 Å². The summed E-state index contributed by atoms with van der Waals surface area (Å²) in [6, 6.07) is 9.00. The topological polar surface area (TPSA) is 23.8 Å². The second-order valence-corrected chi connectivity index (χ2v) is 4.13.